The first-order valence-electron chi connectivity index (χ1n) is 8.69. The molecule has 0 spiro atoms. The summed E-state index contributed by atoms with van der Waals surface area (Å²) in [4.78, 5) is 12.4. The van der Waals surface area contributed by atoms with Crippen LogP contribution in [-0.4, -0.2) is 7.11 Å². The summed E-state index contributed by atoms with van der Waals surface area (Å²) >= 11 is 0. The zero-order chi connectivity index (χ0) is 18.6. The Morgan fingerprint density at radius 1 is 0.852 bits per heavy atom. The van der Waals surface area contributed by atoms with E-state index in [1.807, 2.05) is 78.9 Å². The van der Waals surface area contributed by atoms with Gasteiger partial charge in [0.25, 0.3) is 0 Å². The van der Waals surface area contributed by atoms with Gasteiger partial charge in [0.15, 0.2) is 5.43 Å². The Hall–Kier alpha value is -3.59. The molecule has 0 unspecified atom stereocenters. The lowest BCUT2D eigenvalue weighted by atomic mass is 9.97. The van der Waals surface area contributed by atoms with Crippen LogP contribution >= 0.6 is 0 Å². The topological polar surface area (TPSA) is 39.4 Å². The molecule has 0 amide bonds. The molecule has 0 aliphatic rings. The van der Waals surface area contributed by atoms with E-state index in [1.165, 1.54) is 6.07 Å². The maximum Gasteiger partial charge on any atom is 0.193 e. The normalized spacial score (nSPS) is 11.5. The molecule has 27 heavy (non-hydrogen) atoms. The van der Waals surface area contributed by atoms with Crippen molar-refractivity contribution >= 4 is 22.6 Å². The number of hydrogen-bond donors (Lipinski definition) is 0. The van der Waals surface area contributed by atoms with Gasteiger partial charge in [0.2, 0.25) is 0 Å². The SMILES string of the molecule is COc1ccc(C(=Cc2cc(=O)c3ccccc3o2)c2ccccc2)cc1. The molecule has 4 rings (SSSR count). The third kappa shape index (κ3) is 3.53. The second-order valence-electron chi connectivity index (χ2n) is 6.16. The molecule has 132 valence electrons. The number of hydrogen-bond acceptors (Lipinski definition) is 3. The molecule has 3 nitrogen and oxygen atoms in total. The largest absolute Gasteiger partial charge is 0.497 e. The van der Waals surface area contributed by atoms with Crippen LogP contribution in [0, 0.1) is 0 Å². The van der Waals surface area contributed by atoms with Crippen LogP contribution < -0.4 is 10.2 Å². The molecule has 1 aromatic heterocycles. The summed E-state index contributed by atoms with van der Waals surface area (Å²) in [6.45, 7) is 0. The van der Waals surface area contributed by atoms with Gasteiger partial charge >= 0.3 is 0 Å². The fraction of sp³-hybridized carbons (Fsp3) is 0.0417. The Labute approximate surface area is 157 Å². The van der Waals surface area contributed by atoms with Crippen LogP contribution in [0.25, 0.3) is 22.6 Å². The van der Waals surface area contributed by atoms with E-state index in [9.17, 15) is 4.79 Å². The number of fused-ring (bicyclic) bond motifs is 1. The molecule has 0 saturated carbocycles. The molecular weight excluding hydrogens is 336 g/mol. The van der Waals surface area contributed by atoms with E-state index in [0.717, 1.165) is 22.4 Å². The Morgan fingerprint density at radius 3 is 2.26 bits per heavy atom. The highest BCUT2D eigenvalue weighted by atomic mass is 16.5. The molecule has 0 saturated heterocycles. The summed E-state index contributed by atoms with van der Waals surface area (Å²) in [5.74, 6) is 1.32. The molecule has 0 aliphatic carbocycles. The molecule has 0 radical (unpaired) electrons. The van der Waals surface area contributed by atoms with Crippen LogP contribution in [0.5, 0.6) is 5.75 Å². The number of ether oxygens (including phenoxy) is 1. The quantitative estimate of drug-likeness (QED) is 0.493. The van der Waals surface area contributed by atoms with Gasteiger partial charge in [-0.3, -0.25) is 4.79 Å². The summed E-state index contributed by atoms with van der Waals surface area (Å²) in [6.07, 6.45) is 1.91. The van der Waals surface area contributed by atoms with Gasteiger partial charge in [0.05, 0.1) is 12.5 Å². The second kappa shape index (κ2) is 7.34. The first-order valence-corrected chi connectivity index (χ1v) is 8.69. The summed E-state index contributed by atoms with van der Waals surface area (Å²) < 4.78 is 11.2. The zero-order valence-electron chi connectivity index (χ0n) is 14.9. The van der Waals surface area contributed by atoms with Crippen molar-refractivity contribution in [2.24, 2.45) is 0 Å². The van der Waals surface area contributed by atoms with Crippen molar-refractivity contribution in [1.82, 2.24) is 0 Å². The fourth-order valence-electron chi connectivity index (χ4n) is 3.06. The molecule has 0 atom stereocenters. The number of methoxy groups -OCH3 is 1. The van der Waals surface area contributed by atoms with Crippen molar-refractivity contribution < 1.29 is 9.15 Å². The predicted molar refractivity (Wildman–Crippen MR) is 109 cm³/mol. The van der Waals surface area contributed by atoms with Gasteiger partial charge in [0.1, 0.15) is 17.1 Å². The molecule has 3 heteroatoms. The second-order valence-corrected chi connectivity index (χ2v) is 6.16. The molecular formula is C24H18O3. The summed E-state index contributed by atoms with van der Waals surface area (Å²) in [6, 6.07) is 26.7. The summed E-state index contributed by atoms with van der Waals surface area (Å²) in [5, 5.41) is 0.584. The number of rotatable bonds is 4. The highest BCUT2D eigenvalue weighted by Crippen LogP contribution is 2.28. The van der Waals surface area contributed by atoms with Gasteiger partial charge in [-0.15, -0.1) is 0 Å². The van der Waals surface area contributed by atoms with Gasteiger partial charge in [-0.05, 0) is 47.0 Å². The van der Waals surface area contributed by atoms with Crippen LogP contribution in [0.3, 0.4) is 0 Å². The molecule has 0 bridgehead atoms. The van der Waals surface area contributed by atoms with Crippen molar-refractivity contribution in [1.29, 1.82) is 0 Å². The smallest absolute Gasteiger partial charge is 0.193 e. The monoisotopic (exact) mass is 354 g/mol. The van der Waals surface area contributed by atoms with Crippen LogP contribution in [-0.2, 0) is 0 Å². The maximum absolute atomic E-state index is 12.4. The molecule has 3 aromatic carbocycles. The minimum atomic E-state index is -0.0507. The van der Waals surface area contributed by atoms with E-state index in [0.29, 0.717) is 16.7 Å². The minimum absolute atomic E-state index is 0.0507. The third-order valence-corrected chi connectivity index (χ3v) is 4.43. The Morgan fingerprint density at radius 2 is 1.52 bits per heavy atom. The average Bonchev–Trinajstić information content (AvgIpc) is 2.73. The zero-order valence-corrected chi connectivity index (χ0v) is 14.9. The van der Waals surface area contributed by atoms with Gasteiger partial charge in [-0.25, -0.2) is 0 Å². The van der Waals surface area contributed by atoms with E-state index in [-0.39, 0.29) is 5.43 Å². The van der Waals surface area contributed by atoms with Crippen molar-refractivity contribution in [2.45, 2.75) is 0 Å². The lowest BCUT2D eigenvalue weighted by Gasteiger charge is -2.10. The lowest BCUT2D eigenvalue weighted by Crippen LogP contribution is -2.00. The Balaban J connectivity index is 1.89. The first-order chi connectivity index (χ1) is 13.2. The maximum atomic E-state index is 12.4. The van der Waals surface area contributed by atoms with Crippen LogP contribution in [0.4, 0.5) is 0 Å². The number of benzene rings is 3. The Kier molecular flexibility index (Phi) is 4.58. The summed E-state index contributed by atoms with van der Waals surface area (Å²) in [5.41, 5.74) is 3.55. The van der Waals surface area contributed by atoms with E-state index in [2.05, 4.69) is 0 Å². The molecule has 1 heterocycles. The van der Waals surface area contributed by atoms with E-state index < -0.39 is 0 Å². The van der Waals surface area contributed by atoms with Gasteiger partial charge in [-0.1, -0.05) is 54.6 Å². The van der Waals surface area contributed by atoms with E-state index >= 15 is 0 Å². The molecule has 4 aromatic rings. The highest BCUT2D eigenvalue weighted by molar-refractivity contribution is 5.91. The van der Waals surface area contributed by atoms with E-state index in [4.69, 9.17) is 9.15 Å². The minimum Gasteiger partial charge on any atom is -0.497 e. The first kappa shape index (κ1) is 16.9. The predicted octanol–water partition coefficient (Wildman–Crippen LogP) is 5.39. The van der Waals surface area contributed by atoms with Gasteiger partial charge < -0.3 is 9.15 Å². The standard InChI is InChI=1S/C24H18O3/c1-26-19-13-11-18(12-14-19)22(17-7-3-2-4-8-17)15-20-16-23(25)21-9-5-6-10-24(21)27-20/h2-16H,1H3. The van der Waals surface area contributed by atoms with Crippen LogP contribution in [0.2, 0.25) is 0 Å². The van der Waals surface area contributed by atoms with Crippen molar-refractivity contribution in [2.75, 3.05) is 7.11 Å². The Bertz CT molecular complexity index is 1150. The van der Waals surface area contributed by atoms with Crippen molar-refractivity contribution in [3.05, 3.63) is 112 Å². The lowest BCUT2D eigenvalue weighted by molar-refractivity contribution is 0.415. The third-order valence-electron chi connectivity index (χ3n) is 4.43. The fourth-order valence-corrected chi connectivity index (χ4v) is 3.06. The van der Waals surface area contributed by atoms with E-state index in [1.54, 1.807) is 13.2 Å². The molecule has 0 aliphatic heterocycles. The van der Waals surface area contributed by atoms with Crippen molar-refractivity contribution in [3.8, 4) is 5.75 Å². The highest BCUT2D eigenvalue weighted by Gasteiger charge is 2.08. The van der Waals surface area contributed by atoms with Gasteiger partial charge in [0, 0.05) is 6.07 Å². The van der Waals surface area contributed by atoms with Crippen molar-refractivity contribution in [3.63, 3.8) is 0 Å². The molecule has 0 fully saturated rings. The van der Waals surface area contributed by atoms with Crippen LogP contribution in [0.1, 0.15) is 16.9 Å². The average molecular weight is 354 g/mol. The van der Waals surface area contributed by atoms with Gasteiger partial charge in [-0.2, -0.15) is 0 Å². The van der Waals surface area contributed by atoms with Crippen LogP contribution in [0.15, 0.2) is 94.1 Å². The summed E-state index contributed by atoms with van der Waals surface area (Å²) in [7, 11) is 1.65. The number of para-hydroxylation sites is 1. The molecule has 0 N–H and O–H groups in total.